The molecular weight excluding hydrogens is 152 g/mol. The molecule has 0 bridgehead atoms. The minimum Gasteiger partial charge on any atom is -0.368 e. The maximum atomic E-state index is 10.7. The Kier molecular flexibility index (Phi) is 5.37. The average Bonchev–Trinajstić information content (AvgIpc) is 1.96. The molecule has 70 valence electrons. The van der Waals surface area contributed by atoms with E-state index in [0.29, 0.717) is 6.54 Å². The summed E-state index contributed by atoms with van der Waals surface area (Å²) >= 11 is 0. The quantitative estimate of drug-likeness (QED) is 0.600. The minimum atomic E-state index is -0.278. The van der Waals surface area contributed by atoms with E-state index in [2.05, 4.69) is 5.32 Å². The molecule has 0 saturated carbocycles. The molecule has 0 aliphatic heterocycles. The minimum absolute atomic E-state index is 0.194. The standard InChI is InChI=1S/C9H18N2O/c1-4-8(9(10)12)11-6-5-7(2)3/h5,8,11H,4,6H2,1-3H3,(H2,10,12). The van der Waals surface area contributed by atoms with E-state index in [4.69, 9.17) is 5.73 Å². The predicted molar refractivity (Wildman–Crippen MR) is 50.7 cm³/mol. The van der Waals surface area contributed by atoms with E-state index in [1.54, 1.807) is 0 Å². The largest absolute Gasteiger partial charge is 0.368 e. The Balaban J connectivity index is 3.74. The second kappa shape index (κ2) is 5.77. The molecule has 0 aliphatic carbocycles. The first kappa shape index (κ1) is 11.2. The fourth-order valence-electron chi connectivity index (χ4n) is 0.851. The van der Waals surface area contributed by atoms with Gasteiger partial charge in [-0.3, -0.25) is 4.79 Å². The molecule has 0 aromatic carbocycles. The van der Waals surface area contributed by atoms with Crippen LogP contribution in [0.1, 0.15) is 27.2 Å². The third-order valence-corrected chi connectivity index (χ3v) is 1.63. The number of carbonyl (C=O) groups is 1. The lowest BCUT2D eigenvalue weighted by molar-refractivity contribution is -0.120. The van der Waals surface area contributed by atoms with Crippen molar-refractivity contribution in [3.63, 3.8) is 0 Å². The van der Waals surface area contributed by atoms with Crippen LogP contribution in [0.4, 0.5) is 0 Å². The van der Waals surface area contributed by atoms with Gasteiger partial charge < -0.3 is 11.1 Å². The second-order valence-corrected chi connectivity index (χ2v) is 3.05. The SMILES string of the molecule is CCC(NCC=C(C)C)C(N)=O. The van der Waals surface area contributed by atoms with Crippen LogP contribution in [0.2, 0.25) is 0 Å². The number of allylic oxidation sites excluding steroid dienone is 1. The zero-order valence-electron chi connectivity index (χ0n) is 8.05. The van der Waals surface area contributed by atoms with Gasteiger partial charge in [0.1, 0.15) is 0 Å². The van der Waals surface area contributed by atoms with Crippen molar-refractivity contribution >= 4 is 5.91 Å². The number of hydrogen-bond acceptors (Lipinski definition) is 2. The van der Waals surface area contributed by atoms with Crippen LogP contribution >= 0.6 is 0 Å². The van der Waals surface area contributed by atoms with Gasteiger partial charge in [0.05, 0.1) is 6.04 Å². The van der Waals surface area contributed by atoms with Crippen LogP contribution in [-0.4, -0.2) is 18.5 Å². The fraction of sp³-hybridized carbons (Fsp3) is 0.667. The van der Waals surface area contributed by atoms with Crippen molar-refractivity contribution in [3.05, 3.63) is 11.6 Å². The van der Waals surface area contributed by atoms with Crippen LogP contribution < -0.4 is 11.1 Å². The van der Waals surface area contributed by atoms with Gasteiger partial charge in [-0.1, -0.05) is 18.6 Å². The van der Waals surface area contributed by atoms with E-state index in [1.165, 1.54) is 5.57 Å². The van der Waals surface area contributed by atoms with Gasteiger partial charge in [-0.15, -0.1) is 0 Å². The lowest BCUT2D eigenvalue weighted by Crippen LogP contribution is -2.40. The Morgan fingerprint density at radius 1 is 1.58 bits per heavy atom. The molecule has 0 rings (SSSR count). The first-order valence-electron chi connectivity index (χ1n) is 4.24. The van der Waals surface area contributed by atoms with Crippen LogP contribution in [0.5, 0.6) is 0 Å². The molecule has 3 heteroatoms. The summed E-state index contributed by atoms with van der Waals surface area (Å²) < 4.78 is 0. The molecule has 0 saturated heterocycles. The van der Waals surface area contributed by atoms with Gasteiger partial charge in [-0.2, -0.15) is 0 Å². The van der Waals surface area contributed by atoms with Crippen molar-refractivity contribution in [1.82, 2.24) is 5.32 Å². The Bertz CT molecular complexity index is 171. The van der Waals surface area contributed by atoms with Crippen molar-refractivity contribution in [2.45, 2.75) is 33.2 Å². The third kappa shape index (κ3) is 4.91. The molecule has 3 N–H and O–H groups in total. The highest BCUT2D eigenvalue weighted by atomic mass is 16.1. The number of primary amides is 1. The number of hydrogen-bond donors (Lipinski definition) is 2. The van der Waals surface area contributed by atoms with E-state index in [-0.39, 0.29) is 11.9 Å². The Hall–Kier alpha value is -0.830. The zero-order valence-corrected chi connectivity index (χ0v) is 8.05. The third-order valence-electron chi connectivity index (χ3n) is 1.63. The Morgan fingerprint density at radius 3 is 2.50 bits per heavy atom. The highest BCUT2D eigenvalue weighted by Crippen LogP contribution is 1.90. The first-order chi connectivity index (χ1) is 5.57. The van der Waals surface area contributed by atoms with E-state index in [0.717, 1.165) is 6.42 Å². The summed E-state index contributed by atoms with van der Waals surface area (Å²) in [6, 6.07) is -0.194. The van der Waals surface area contributed by atoms with Crippen LogP contribution in [0.25, 0.3) is 0 Å². The van der Waals surface area contributed by atoms with Crippen LogP contribution in [0, 0.1) is 0 Å². The van der Waals surface area contributed by atoms with Crippen molar-refractivity contribution in [1.29, 1.82) is 0 Å². The smallest absolute Gasteiger partial charge is 0.234 e. The van der Waals surface area contributed by atoms with Gasteiger partial charge in [0.25, 0.3) is 0 Å². The molecule has 3 nitrogen and oxygen atoms in total. The van der Waals surface area contributed by atoms with Crippen molar-refractivity contribution in [3.8, 4) is 0 Å². The first-order valence-corrected chi connectivity index (χ1v) is 4.24. The highest BCUT2D eigenvalue weighted by molar-refractivity contribution is 5.79. The van der Waals surface area contributed by atoms with Crippen LogP contribution in [0.3, 0.4) is 0 Å². The summed E-state index contributed by atoms with van der Waals surface area (Å²) in [5, 5.41) is 3.05. The molecule has 0 heterocycles. The molecule has 12 heavy (non-hydrogen) atoms. The number of amides is 1. The predicted octanol–water partition coefficient (Wildman–Crippen LogP) is 0.806. The van der Waals surface area contributed by atoms with Gasteiger partial charge in [-0.05, 0) is 20.3 Å². The summed E-state index contributed by atoms with van der Waals surface area (Å²) in [6.45, 7) is 6.69. The van der Waals surface area contributed by atoms with E-state index in [1.807, 2.05) is 26.8 Å². The van der Waals surface area contributed by atoms with Crippen LogP contribution in [0.15, 0.2) is 11.6 Å². The van der Waals surface area contributed by atoms with Crippen molar-refractivity contribution in [2.75, 3.05) is 6.54 Å². The molecule has 1 atom stereocenters. The molecule has 0 fully saturated rings. The lowest BCUT2D eigenvalue weighted by Gasteiger charge is -2.10. The summed E-state index contributed by atoms with van der Waals surface area (Å²) in [4.78, 5) is 10.7. The lowest BCUT2D eigenvalue weighted by atomic mass is 10.2. The number of rotatable bonds is 5. The highest BCUT2D eigenvalue weighted by Gasteiger charge is 2.09. The Labute approximate surface area is 74.0 Å². The number of nitrogens with two attached hydrogens (primary N) is 1. The topological polar surface area (TPSA) is 55.1 Å². The molecule has 0 radical (unpaired) electrons. The van der Waals surface area contributed by atoms with Crippen molar-refractivity contribution < 1.29 is 4.79 Å². The maximum Gasteiger partial charge on any atom is 0.234 e. The van der Waals surface area contributed by atoms with Gasteiger partial charge in [0, 0.05) is 6.54 Å². The average molecular weight is 170 g/mol. The van der Waals surface area contributed by atoms with E-state index >= 15 is 0 Å². The van der Waals surface area contributed by atoms with Gasteiger partial charge >= 0.3 is 0 Å². The Morgan fingerprint density at radius 2 is 2.17 bits per heavy atom. The molecule has 0 aliphatic rings. The van der Waals surface area contributed by atoms with Gasteiger partial charge in [0.15, 0.2) is 0 Å². The zero-order chi connectivity index (χ0) is 9.56. The summed E-state index contributed by atoms with van der Waals surface area (Å²) in [6.07, 6.45) is 2.78. The molecule has 0 spiro atoms. The number of carbonyl (C=O) groups excluding carboxylic acids is 1. The fourth-order valence-corrected chi connectivity index (χ4v) is 0.851. The summed E-state index contributed by atoms with van der Waals surface area (Å²) in [5.41, 5.74) is 6.38. The van der Waals surface area contributed by atoms with Gasteiger partial charge in [-0.25, -0.2) is 0 Å². The second-order valence-electron chi connectivity index (χ2n) is 3.05. The molecule has 1 unspecified atom stereocenters. The van der Waals surface area contributed by atoms with Crippen molar-refractivity contribution in [2.24, 2.45) is 5.73 Å². The molecule has 0 aromatic heterocycles. The number of nitrogens with one attached hydrogen (secondary N) is 1. The molecular formula is C9H18N2O. The van der Waals surface area contributed by atoms with E-state index in [9.17, 15) is 4.79 Å². The normalized spacial score (nSPS) is 12.2. The summed E-state index contributed by atoms with van der Waals surface area (Å²) in [5.74, 6) is -0.278. The van der Waals surface area contributed by atoms with E-state index < -0.39 is 0 Å². The monoisotopic (exact) mass is 170 g/mol. The van der Waals surface area contributed by atoms with Crippen LogP contribution in [-0.2, 0) is 4.79 Å². The molecule has 1 amide bonds. The molecule has 0 aromatic rings. The summed E-state index contributed by atoms with van der Waals surface area (Å²) in [7, 11) is 0. The van der Waals surface area contributed by atoms with Gasteiger partial charge in [0.2, 0.25) is 5.91 Å². The maximum absolute atomic E-state index is 10.7.